The number of nitrogens with zero attached hydrogens (tertiary/aromatic N) is 1. The third-order valence-corrected chi connectivity index (χ3v) is 4.03. The number of Topliss-reactive ketones (excluding diaryl/α,β-unsaturated/α-hetero) is 1. The van der Waals surface area contributed by atoms with Crippen molar-refractivity contribution in [3.8, 4) is 0 Å². The molecular formula is C16H31N5O4. The molecule has 0 heterocycles. The van der Waals surface area contributed by atoms with Crippen molar-refractivity contribution in [2.45, 2.75) is 57.9 Å². The number of rotatable bonds is 14. The molecule has 0 aromatic carbocycles. The van der Waals surface area contributed by atoms with Crippen molar-refractivity contribution in [1.82, 2.24) is 5.32 Å². The minimum atomic E-state index is -1.73. The molecule has 8 N–H and O–H groups in total. The topological polar surface area (TPSA) is 174 Å². The van der Waals surface area contributed by atoms with Crippen LogP contribution in [0.25, 0.3) is 0 Å². The van der Waals surface area contributed by atoms with Gasteiger partial charge >= 0.3 is 5.97 Å². The monoisotopic (exact) mass is 357 g/mol. The standard InChI is InChI=1S/C16H31N5O4/c1-3-6-11(7-4-2)13(24)16(14(17)25,21-10-12(22)23)8-5-9-20-15(18)19/h11,21H,3-10H2,1-2H3,(H2,17,25)(H,22,23)(H4,18,19,20)/t16-/m1/s1. The molecule has 0 unspecified atom stereocenters. The number of nitrogens with two attached hydrogens (primary N) is 3. The molecule has 0 saturated carbocycles. The average molecular weight is 357 g/mol. The highest BCUT2D eigenvalue weighted by Gasteiger charge is 2.46. The van der Waals surface area contributed by atoms with Gasteiger partial charge in [-0.15, -0.1) is 0 Å². The summed E-state index contributed by atoms with van der Waals surface area (Å²) in [6.07, 6.45) is 3.13. The van der Waals surface area contributed by atoms with Gasteiger partial charge in [0.15, 0.2) is 17.3 Å². The second-order valence-electron chi connectivity index (χ2n) is 6.07. The number of nitrogens with one attached hydrogen (secondary N) is 1. The van der Waals surface area contributed by atoms with Crippen LogP contribution in [0.15, 0.2) is 4.99 Å². The lowest BCUT2D eigenvalue weighted by molar-refractivity contribution is -0.141. The van der Waals surface area contributed by atoms with Gasteiger partial charge in [-0.2, -0.15) is 0 Å². The minimum Gasteiger partial charge on any atom is -0.480 e. The van der Waals surface area contributed by atoms with E-state index in [1.165, 1.54) is 0 Å². The number of carboxylic acids is 1. The van der Waals surface area contributed by atoms with E-state index >= 15 is 0 Å². The minimum absolute atomic E-state index is 0.0369. The first-order valence-corrected chi connectivity index (χ1v) is 8.57. The van der Waals surface area contributed by atoms with Crippen molar-refractivity contribution < 1.29 is 19.5 Å². The van der Waals surface area contributed by atoms with E-state index in [4.69, 9.17) is 22.3 Å². The van der Waals surface area contributed by atoms with Crippen molar-refractivity contribution in [2.24, 2.45) is 28.1 Å². The van der Waals surface area contributed by atoms with Crippen molar-refractivity contribution >= 4 is 23.6 Å². The number of carbonyl (C=O) groups excluding carboxylic acids is 2. The van der Waals surface area contributed by atoms with Gasteiger partial charge in [-0.1, -0.05) is 26.7 Å². The molecule has 0 aliphatic carbocycles. The molecule has 144 valence electrons. The van der Waals surface area contributed by atoms with E-state index in [9.17, 15) is 14.4 Å². The van der Waals surface area contributed by atoms with Gasteiger partial charge in [0.25, 0.3) is 0 Å². The maximum absolute atomic E-state index is 13.1. The van der Waals surface area contributed by atoms with Gasteiger partial charge in [0.1, 0.15) is 0 Å². The molecule has 0 spiro atoms. The summed E-state index contributed by atoms with van der Waals surface area (Å²) in [5.74, 6) is -2.85. The van der Waals surface area contributed by atoms with Gasteiger partial charge in [-0.05, 0) is 25.7 Å². The number of primary amides is 1. The quantitative estimate of drug-likeness (QED) is 0.123. The van der Waals surface area contributed by atoms with Crippen molar-refractivity contribution in [3.63, 3.8) is 0 Å². The van der Waals surface area contributed by atoms with E-state index in [1.54, 1.807) is 0 Å². The van der Waals surface area contributed by atoms with Crippen molar-refractivity contribution in [2.75, 3.05) is 13.1 Å². The summed E-state index contributed by atoms with van der Waals surface area (Å²) in [4.78, 5) is 40.0. The molecule has 25 heavy (non-hydrogen) atoms. The van der Waals surface area contributed by atoms with E-state index in [1.807, 2.05) is 13.8 Å². The Kier molecular flexibility index (Phi) is 10.4. The Labute approximate surface area is 148 Å². The summed E-state index contributed by atoms with van der Waals surface area (Å²) < 4.78 is 0. The number of aliphatic imine (C=N–C) groups is 1. The maximum atomic E-state index is 13.1. The van der Waals surface area contributed by atoms with Crippen LogP contribution in [-0.2, 0) is 14.4 Å². The average Bonchev–Trinajstić information content (AvgIpc) is 2.53. The normalized spacial score (nSPS) is 13.2. The molecule has 9 nitrogen and oxygen atoms in total. The van der Waals surface area contributed by atoms with Crippen LogP contribution < -0.4 is 22.5 Å². The molecule has 0 aliphatic rings. The van der Waals surface area contributed by atoms with E-state index in [2.05, 4.69) is 10.3 Å². The Hall–Kier alpha value is -2.16. The van der Waals surface area contributed by atoms with Crippen LogP contribution in [0, 0.1) is 5.92 Å². The zero-order valence-corrected chi connectivity index (χ0v) is 15.1. The van der Waals surface area contributed by atoms with Crippen LogP contribution in [0.2, 0.25) is 0 Å². The molecule has 0 radical (unpaired) electrons. The maximum Gasteiger partial charge on any atom is 0.317 e. The molecule has 9 heteroatoms. The van der Waals surface area contributed by atoms with Crippen molar-refractivity contribution in [3.05, 3.63) is 0 Å². The van der Waals surface area contributed by atoms with Crippen LogP contribution in [0.1, 0.15) is 52.4 Å². The smallest absolute Gasteiger partial charge is 0.317 e. The highest BCUT2D eigenvalue weighted by molar-refractivity contribution is 6.11. The van der Waals surface area contributed by atoms with Gasteiger partial charge < -0.3 is 22.3 Å². The lowest BCUT2D eigenvalue weighted by atomic mass is 9.78. The summed E-state index contributed by atoms with van der Waals surface area (Å²) in [7, 11) is 0. The SMILES string of the molecule is CCCC(CCC)C(=O)[C@@](CCCN=C(N)N)(NCC(=O)O)C(N)=O. The van der Waals surface area contributed by atoms with Crippen LogP contribution in [-0.4, -0.2) is 47.4 Å². The molecule has 0 aromatic heterocycles. The van der Waals surface area contributed by atoms with Crippen LogP contribution in [0.3, 0.4) is 0 Å². The third-order valence-electron chi connectivity index (χ3n) is 4.03. The third kappa shape index (κ3) is 7.51. The fraction of sp³-hybridized carbons (Fsp3) is 0.750. The number of guanidine groups is 1. The van der Waals surface area contributed by atoms with E-state index < -0.39 is 24.0 Å². The van der Waals surface area contributed by atoms with Gasteiger partial charge in [-0.3, -0.25) is 24.7 Å². The largest absolute Gasteiger partial charge is 0.480 e. The first-order valence-electron chi connectivity index (χ1n) is 8.57. The number of ketones is 1. The summed E-state index contributed by atoms with van der Waals surface area (Å²) in [5.41, 5.74) is 14.3. The summed E-state index contributed by atoms with van der Waals surface area (Å²) in [6.45, 7) is 3.57. The molecule has 0 bridgehead atoms. The fourth-order valence-electron chi connectivity index (χ4n) is 2.86. The zero-order chi connectivity index (χ0) is 19.5. The number of hydrogen-bond acceptors (Lipinski definition) is 5. The number of amides is 1. The van der Waals surface area contributed by atoms with Gasteiger partial charge in [0.05, 0.1) is 6.54 Å². The first kappa shape index (κ1) is 22.8. The molecule has 0 fully saturated rings. The van der Waals surface area contributed by atoms with Crippen LogP contribution in [0.5, 0.6) is 0 Å². The Morgan fingerprint density at radius 3 is 2.08 bits per heavy atom. The molecule has 0 saturated heterocycles. The second-order valence-corrected chi connectivity index (χ2v) is 6.07. The Balaban J connectivity index is 5.55. The lowest BCUT2D eigenvalue weighted by Gasteiger charge is -2.33. The molecular weight excluding hydrogens is 326 g/mol. The zero-order valence-electron chi connectivity index (χ0n) is 15.1. The number of aliphatic carboxylic acids is 1. The lowest BCUT2D eigenvalue weighted by Crippen LogP contribution is -2.63. The summed E-state index contributed by atoms with van der Waals surface area (Å²) in [5, 5.41) is 11.5. The molecule has 0 aromatic rings. The Bertz CT molecular complexity index is 485. The molecule has 1 atom stereocenters. The van der Waals surface area contributed by atoms with Gasteiger partial charge in [0, 0.05) is 12.5 Å². The summed E-state index contributed by atoms with van der Waals surface area (Å²) in [6, 6.07) is 0. The number of carbonyl (C=O) groups is 3. The van der Waals surface area contributed by atoms with Crippen LogP contribution >= 0.6 is 0 Å². The summed E-state index contributed by atoms with van der Waals surface area (Å²) >= 11 is 0. The molecule has 0 rings (SSSR count). The number of carboxylic acid groups (broad SMARTS) is 1. The fourth-order valence-corrected chi connectivity index (χ4v) is 2.86. The first-order chi connectivity index (χ1) is 11.7. The van der Waals surface area contributed by atoms with E-state index in [0.717, 1.165) is 12.8 Å². The highest BCUT2D eigenvalue weighted by atomic mass is 16.4. The van der Waals surface area contributed by atoms with Crippen LogP contribution in [0.4, 0.5) is 0 Å². The predicted molar refractivity (Wildman–Crippen MR) is 95.8 cm³/mol. The molecule has 1 amide bonds. The predicted octanol–water partition coefficient (Wildman–Crippen LogP) is -0.276. The van der Waals surface area contributed by atoms with E-state index in [-0.39, 0.29) is 30.6 Å². The number of hydrogen-bond donors (Lipinski definition) is 5. The van der Waals surface area contributed by atoms with Gasteiger partial charge in [-0.25, -0.2) is 0 Å². The van der Waals surface area contributed by atoms with Gasteiger partial charge in [0.2, 0.25) is 5.91 Å². The van der Waals surface area contributed by atoms with Crippen molar-refractivity contribution in [1.29, 1.82) is 0 Å². The highest BCUT2D eigenvalue weighted by Crippen LogP contribution is 2.25. The second kappa shape index (κ2) is 11.4. The Morgan fingerprint density at radius 2 is 1.68 bits per heavy atom. The Morgan fingerprint density at radius 1 is 1.12 bits per heavy atom. The van der Waals surface area contributed by atoms with E-state index in [0.29, 0.717) is 19.3 Å². The molecule has 0 aliphatic heterocycles.